The minimum atomic E-state index is -0.255. The lowest BCUT2D eigenvalue weighted by Gasteiger charge is -2.21. The maximum absolute atomic E-state index is 12.9. The van der Waals surface area contributed by atoms with Gasteiger partial charge in [0, 0.05) is 30.4 Å². The maximum Gasteiger partial charge on any atom is 0.319 e. The first-order valence-electron chi connectivity index (χ1n) is 9.20. The molecule has 3 rings (SSSR count). The molecule has 2 aliphatic heterocycles. The monoisotopic (exact) mass is 344 g/mol. The number of carbonyl (C=O) groups excluding carboxylic acids is 2. The second kappa shape index (κ2) is 7.87. The van der Waals surface area contributed by atoms with Gasteiger partial charge >= 0.3 is 6.03 Å². The first-order valence-corrected chi connectivity index (χ1v) is 9.20. The number of nitrogens with one attached hydrogen (secondary N) is 3. The summed E-state index contributed by atoms with van der Waals surface area (Å²) in [5, 5.41) is 9.03. The Kier molecular flexibility index (Phi) is 5.58. The van der Waals surface area contributed by atoms with Gasteiger partial charge in [-0.25, -0.2) is 4.79 Å². The van der Waals surface area contributed by atoms with E-state index in [1.54, 1.807) is 12.1 Å². The van der Waals surface area contributed by atoms with Gasteiger partial charge in [-0.2, -0.15) is 0 Å². The molecule has 0 saturated carbocycles. The Labute approximate surface area is 149 Å². The lowest BCUT2D eigenvalue weighted by molar-refractivity contribution is 0.0758. The van der Waals surface area contributed by atoms with Gasteiger partial charge in [0.1, 0.15) is 0 Å². The van der Waals surface area contributed by atoms with Crippen molar-refractivity contribution in [1.29, 1.82) is 0 Å². The van der Waals surface area contributed by atoms with Crippen molar-refractivity contribution < 1.29 is 9.59 Å². The van der Waals surface area contributed by atoms with Crippen LogP contribution in [0, 0.1) is 11.8 Å². The predicted octanol–water partition coefficient (Wildman–Crippen LogP) is 2.29. The van der Waals surface area contributed by atoms with Gasteiger partial charge in [0.25, 0.3) is 5.91 Å². The van der Waals surface area contributed by atoms with Crippen LogP contribution in [-0.2, 0) is 0 Å². The molecule has 0 aromatic heterocycles. The molecule has 0 bridgehead atoms. The zero-order valence-corrected chi connectivity index (χ0v) is 15.0. The molecule has 0 aliphatic carbocycles. The summed E-state index contributed by atoms with van der Waals surface area (Å²) < 4.78 is 0. The lowest BCUT2D eigenvalue weighted by Crippen LogP contribution is -2.34. The van der Waals surface area contributed by atoms with Crippen molar-refractivity contribution in [1.82, 2.24) is 15.5 Å². The van der Waals surface area contributed by atoms with Crippen molar-refractivity contribution in [3.05, 3.63) is 29.8 Å². The Morgan fingerprint density at radius 2 is 1.84 bits per heavy atom. The summed E-state index contributed by atoms with van der Waals surface area (Å²) in [5.74, 6) is 1.46. The second-order valence-electron chi connectivity index (χ2n) is 7.38. The molecular weight excluding hydrogens is 316 g/mol. The van der Waals surface area contributed by atoms with Crippen molar-refractivity contribution in [3.8, 4) is 0 Å². The number of hydrogen-bond donors (Lipinski definition) is 3. The minimum absolute atomic E-state index is 0.0563. The SMILES string of the molecule is CC(C)NC(=O)Nc1cccc(C(=O)N2CC[C@@H]3CNC[C@@H]3CC2)c1. The molecule has 2 aliphatic rings. The molecule has 25 heavy (non-hydrogen) atoms. The summed E-state index contributed by atoms with van der Waals surface area (Å²) >= 11 is 0. The predicted molar refractivity (Wildman–Crippen MR) is 98.7 cm³/mol. The van der Waals surface area contributed by atoms with Crippen molar-refractivity contribution in [2.24, 2.45) is 11.8 Å². The minimum Gasteiger partial charge on any atom is -0.339 e. The van der Waals surface area contributed by atoms with Gasteiger partial charge in [-0.1, -0.05) is 6.07 Å². The van der Waals surface area contributed by atoms with Gasteiger partial charge in [-0.3, -0.25) is 4.79 Å². The summed E-state index contributed by atoms with van der Waals surface area (Å²) in [7, 11) is 0. The Hall–Kier alpha value is -2.08. The summed E-state index contributed by atoms with van der Waals surface area (Å²) in [6, 6.07) is 7.01. The van der Waals surface area contributed by atoms with E-state index in [2.05, 4.69) is 16.0 Å². The number of benzene rings is 1. The Balaban J connectivity index is 1.64. The maximum atomic E-state index is 12.9. The molecule has 2 fully saturated rings. The zero-order valence-electron chi connectivity index (χ0n) is 15.0. The molecule has 2 atom stereocenters. The average Bonchev–Trinajstić information content (AvgIpc) is 2.92. The number of urea groups is 1. The molecule has 2 heterocycles. The lowest BCUT2D eigenvalue weighted by atomic mass is 9.92. The van der Waals surface area contributed by atoms with Crippen LogP contribution in [0.5, 0.6) is 0 Å². The van der Waals surface area contributed by atoms with Gasteiger partial charge in [-0.15, -0.1) is 0 Å². The van der Waals surface area contributed by atoms with E-state index in [4.69, 9.17) is 0 Å². The number of rotatable bonds is 3. The van der Waals surface area contributed by atoms with E-state index >= 15 is 0 Å². The van der Waals surface area contributed by atoms with Crippen LogP contribution in [0.4, 0.5) is 10.5 Å². The Bertz CT molecular complexity index is 618. The topological polar surface area (TPSA) is 73.5 Å². The Morgan fingerprint density at radius 3 is 2.48 bits per heavy atom. The first kappa shape index (κ1) is 17.7. The highest BCUT2D eigenvalue weighted by Gasteiger charge is 2.31. The van der Waals surface area contributed by atoms with E-state index in [1.165, 1.54) is 0 Å². The molecule has 3 amide bonds. The molecule has 2 saturated heterocycles. The first-order chi connectivity index (χ1) is 12.0. The highest BCUT2D eigenvalue weighted by molar-refractivity contribution is 5.97. The Morgan fingerprint density at radius 1 is 1.16 bits per heavy atom. The molecule has 6 heteroatoms. The number of nitrogens with zero attached hydrogens (tertiary/aromatic N) is 1. The molecule has 1 aromatic carbocycles. The van der Waals surface area contributed by atoms with Gasteiger partial charge in [-0.05, 0) is 69.8 Å². The third-order valence-electron chi connectivity index (χ3n) is 5.09. The third-order valence-corrected chi connectivity index (χ3v) is 5.09. The molecule has 0 radical (unpaired) electrons. The molecular formula is C19H28N4O2. The summed E-state index contributed by atoms with van der Waals surface area (Å²) in [6.45, 7) is 7.60. The zero-order chi connectivity index (χ0) is 17.8. The van der Waals surface area contributed by atoms with E-state index in [0.717, 1.165) is 39.0 Å². The van der Waals surface area contributed by atoms with Crippen LogP contribution in [0.25, 0.3) is 0 Å². The van der Waals surface area contributed by atoms with Gasteiger partial charge < -0.3 is 20.9 Å². The number of carbonyl (C=O) groups is 2. The van der Waals surface area contributed by atoms with Crippen molar-refractivity contribution >= 4 is 17.6 Å². The normalized spacial score (nSPS) is 23.1. The van der Waals surface area contributed by atoms with E-state index in [-0.39, 0.29) is 18.0 Å². The van der Waals surface area contributed by atoms with Crippen LogP contribution in [0.2, 0.25) is 0 Å². The van der Waals surface area contributed by atoms with Crippen LogP contribution >= 0.6 is 0 Å². The van der Waals surface area contributed by atoms with Crippen LogP contribution < -0.4 is 16.0 Å². The van der Waals surface area contributed by atoms with Crippen LogP contribution in [0.15, 0.2) is 24.3 Å². The number of amides is 3. The van der Waals surface area contributed by atoms with E-state index in [1.807, 2.05) is 30.9 Å². The number of anilines is 1. The van der Waals surface area contributed by atoms with Gasteiger partial charge in [0.15, 0.2) is 0 Å². The summed E-state index contributed by atoms with van der Waals surface area (Å²) in [4.78, 5) is 26.7. The van der Waals surface area contributed by atoms with E-state index in [9.17, 15) is 9.59 Å². The van der Waals surface area contributed by atoms with E-state index in [0.29, 0.717) is 23.1 Å². The van der Waals surface area contributed by atoms with Crippen LogP contribution in [0.3, 0.4) is 0 Å². The highest BCUT2D eigenvalue weighted by atomic mass is 16.2. The fourth-order valence-corrected chi connectivity index (χ4v) is 3.76. The number of likely N-dealkylation sites (tertiary alicyclic amines) is 1. The van der Waals surface area contributed by atoms with E-state index < -0.39 is 0 Å². The number of fused-ring (bicyclic) bond motifs is 1. The van der Waals surface area contributed by atoms with Crippen molar-refractivity contribution in [2.75, 3.05) is 31.5 Å². The van der Waals surface area contributed by atoms with Gasteiger partial charge in [0.05, 0.1) is 0 Å². The third kappa shape index (κ3) is 4.51. The summed E-state index contributed by atoms with van der Waals surface area (Å²) in [6.07, 6.45) is 2.14. The molecule has 0 unspecified atom stereocenters. The van der Waals surface area contributed by atoms with Gasteiger partial charge in [0.2, 0.25) is 0 Å². The number of hydrogen-bond acceptors (Lipinski definition) is 3. The quantitative estimate of drug-likeness (QED) is 0.788. The molecule has 6 nitrogen and oxygen atoms in total. The second-order valence-corrected chi connectivity index (χ2v) is 7.38. The molecule has 136 valence electrons. The fraction of sp³-hybridized carbons (Fsp3) is 0.579. The van der Waals surface area contributed by atoms with Crippen molar-refractivity contribution in [2.45, 2.75) is 32.7 Å². The molecule has 0 spiro atoms. The standard InChI is InChI=1S/C19H28N4O2/c1-13(2)21-19(25)22-17-5-3-4-14(10-17)18(24)23-8-6-15-11-20-12-16(15)7-9-23/h3-5,10,13,15-16,20H,6-9,11-12H2,1-2H3,(H2,21,22,25)/t15-,16+. The average molecular weight is 344 g/mol. The smallest absolute Gasteiger partial charge is 0.319 e. The molecule has 3 N–H and O–H groups in total. The molecule has 1 aromatic rings. The fourth-order valence-electron chi connectivity index (χ4n) is 3.76. The summed E-state index contributed by atoms with van der Waals surface area (Å²) in [5.41, 5.74) is 1.27. The van der Waals surface area contributed by atoms with Crippen LogP contribution in [0.1, 0.15) is 37.0 Å². The van der Waals surface area contributed by atoms with Crippen molar-refractivity contribution in [3.63, 3.8) is 0 Å². The van der Waals surface area contributed by atoms with Crippen LogP contribution in [-0.4, -0.2) is 49.1 Å². The highest BCUT2D eigenvalue weighted by Crippen LogP contribution is 2.27. The largest absolute Gasteiger partial charge is 0.339 e.